The Bertz CT molecular complexity index is 1080. The minimum absolute atomic E-state index is 0.104. The lowest BCUT2D eigenvalue weighted by Gasteiger charge is -2.48. The van der Waals surface area contributed by atoms with Gasteiger partial charge in [-0.05, 0) is 36.2 Å². The highest BCUT2D eigenvalue weighted by molar-refractivity contribution is 6.30. The number of hydrogen-bond donors (Lipinski definition) is 1. The van der Waals surface area contributed by atoms with E-state index in [9.17, 15) is 14.4 Å². The summed E-state index contributed by atoms with van der Waals surface area (Å²) < 4.78 is 0. The van der Waals surface area contributed by atoms with Crippen molar-refractivity contribution >= 4 is 29.3 Å². The molecule has 1 aromatic heterocycles. The van der Waals surface area contributed by atoms with Gasteiger partial charge in [0.05, 0.1) is 11.3 Å². The Morgan fingerprint density at radius 2 is 1.97 bits per heavy atom. The smallest absolute Gasteiger partial charge is 0.257 e. The maximum Gasteiger partial charge on any atom is 0.257 e. The molecule has 160 valence electrons. The average molecular weight is 440 g/mol. The van der Waals surface area contributed by atoms with Gasteiger partial charge in [-0.3, -0.25) is 24.8 Å². The lowest BCUT2D eigenvalue weighted by molar-refractivity contribution is -0.150. The molecule has 2 unspecified atom stereocenters. The maximum absolute atomic E-state index is 13.8. The van der Waals surface area contributed by atoms with Crippen LogP contribution in [0.5, 0.6) is 0 Å². The largest absolute Gasteiger partial charge is 0.312 e. The van der Waals surface area contributed by atoms with Gasteiger partial charge in [0.1, 0.15) is 11.7 Å². The molecule has 1 aromatic carbocycles. The maximum atomic E-state index is 13.8. The second kappa shape index (κ2) is 7.32. The van der Waals surface area contributed by atoms with Gasteiger partial charge in [-0.1, -0.05) is 23.7 Å². The lowest BCUT2D eigenvalue weighted by atomic mass is 9.85. The Kier molecular flexibility index (Phi) is 4.71. The van der Waals surface area contributed by atoms with Crippen LogP contribution in [-0.4, -0.2) is 63.7 Å². The second-order valence-electron chi connectivity index (χ2n) is 8.14. The number of fused-ring (bicyclic) bond motifs is 2. The number of pyridine rings is 1. The lowest BCUT2D eigenvalue weighted by Crippen LogP contribution is -2.63. The quantitative estimate of drug-likeness (QED) is 0.767. The Balaban J connectivity index is 1.62. The summed E-state index contributed by atoms with van der Waals surface area (Å²) in [5.74, 6) is -0.356. The fourth-order valence-corrected chi connectivity index (χ4v) is 5.14. The molecule has 2 saturated heterocycles. The number of amides is 3. The first-order valence-electron chi connectivity index (χ1n) is 10.3. The summed E-state index contributed by atoms with van der Waals surface area (Å²) in [5, 5.41) is 2.15. The van der Waals surface area contributed by atoms with Gasteiger partial charge in [0, 0.05) is 44.2 Å². The molecule has 31 heavy (non-hydrogen) atoms. The first kappa shape index (κ1) is 20.0. The van der Waals surface area contributed by atoms with Gasteiger partial charge in [-0.25, -0.2) is 5.01 Å². The van der Waals surface area contributed by atoms with Gasteiger partial charge in [0.15, 0.2) is 0 Å². The molecular weight excluding hydrogens is 418 g/mol. The first-order chi connectivity index (χ1) is 14.9. The summed E-state index contributed by atoms with van der Waals surface area (Å²) in [6.07, 6.45) is 2.78. The van der Waals surface area contributed by atoms with Crippen LogP contribution in [0.4, 0.5) is 0 Å². The van der Waals surface area contributed by atoms with Gasteiger partial charge in [-0.15, -0.1) is 0 Å². The molecule has 0 bridgehead atoms. The van der Waals surface area contributed by atoms with Crippen LogP contribution in [0.3, 0.4) is 0 Å². The molecule has 5 rings (SSSR count). The van der Waals surface area contributed by atoms with Crippen molar-refractivity contribution < 1.29 is 14.4 Å². The summed E-state index contributed by atoms with van der Waals surface area (Å²) in [4.78, 5) is 47.0. The molecule has 0 saturated carbocycles. The molecule has 2 atom stereocenters. The van der Waals surface area contributed by atoms with E-state index in [1.165, 1.54) is 0 Å². The molecule has 0 radical (unpaired) electrons. The molecule has 2 fully saturated rings. The predicted octanol–water partition coefficient (Wildman–Crippen LogP) is 1.55. The third-order valence-corrected chi connectivity index (χ3v) is 6.74. The number of likely N-dealkylation sites (N-methyl/N-ethyl adjacent to an activating group) is 1. The number of carbonyl (C=O) groups is 3. The Hall–Kier alpha value is -2.97. The monoisotopic (exact) mass is 439 g/mol. The van der Waals surface area contributed by atoms with E-state index in [1.807, 2.05) is 12.1 Å². The number of carbonyl (C=O) groups excluding carboxylic acids is 3. The minimum Gasteiger partial charge on any atom is -0.312 e. The molecule has 1 N–H and O–H groups in total. The van der Waals surface area contributed by atoms with Crippen LogP contribution in [-0.2, 0) is 21.7 Å². The van der Waals surface area contributed by atoms with Crippen LogP contribution in [0.2, 0.25) is 5.02 Å². The number of nitrogens with one attached hydrogen (secondary N) is 1. The van der Waals surface area contributed by atoms with Gasteiger partial charge in [0.2, 0.25) is 11.8 Å². The molecule has 0 spiro atoms. The number of hydrazine groups is 1. The van der Waals surface area contributed by atoms with E-state index in [1.54, 1.807) is 52.3 Å². The van der Waals surface area contributed by atoms with E-state index in [0.717, 1.165) is 5.56 Å². The van der Waals surface area contributed by atoms with Crippen LogP contribution < -0.4 is 5.43 Å². The fourth-order valence-electron chi connectivity index (χ4n) is 5.01. The fraction of sp³-hybridized carbons (Fsp3) is 0.364. The van der Waals surface area contributed by atoms with Crippen molar-refractivity contribution in [3.05, 3.63) is 64.4 Å². The van der Waals surface area contributed by atoms with Crippen molar-refractivity contribution in [1.82, 2.24) is 25.2 Å². The second-order valence-corrected chi connectivity index (χ2v) is 8.58. The molecule has 3 aliphatic heterocycles. The molecule has 0 aliphatic carbocycles. The Morgan fingerprint density at radius 1 is 1.19 bits per heavy atom. The van der Waals surface area contributed by atoms with Crippen LogP contribution in [0.1, 0.15) is 34.5 Å². The molecular formula is C22H22ClN5O3. The van der Waals surface area contributed by atoms with Crippen molar-refractivity contribution in [3.8, 4) is 0 Å². The average Bonchev–Trinajstić information content (AvgIpc) is 3.14. The Morgan fingerprint density at radius 3 is 2.71 bits per heavy atom. The van der Waals surface area contributed by atoms with Gasteiger partial charge >= 0.3 is 0 Å². The highest BCUT2D eigenvalue weighted by Gasteiger charge is 2.57. The van der Waals surface area contributed by atoms with E-state index in [2.05, 4.69) is 10.4 Å². The van der Waals surface area contributed by atoms with Gasteiger partial charge in [-0.2, -0.15) is 0 Å². The molecule has 2 aromatic rings. The van der Waals surface area contributed by atoms with Crippen molar-refractivity contribution in [3.63, 3.8) is 0 Å². The number of aromatic nitrogens is 1. The SMILES string of the molecule is CN1NC(=O)CCC1C(=O)N1CCN2C(=O)c3cccnc3CC21c1ccc(Cl)cc1. The normalized spacial score (nSPS) is 25.8. The summed E-state index contributed by atoms with van der Waals surface area (Å²) in [5.41, 5.74) is 3.80. The number of hydrogen-bond acceptors (Lipinski definition) is 5. The summed E-state index contributed by atoms with van der Waals surface area (Å²) in [6, 6.07) is 10.3. The van der Waals surface area contributed by atoms with Crippen molar-refractivity contribution in [2.75, 3.05) is 20.1 Å². The molecule has 3 amide bonds. The van der Waals surface area contributed by atoms with Crippen LogP contribution in [0.25, 0.3) is 0 Å². The molecule has 9 heteroatoms. The third-order valence-electron chi connectivity index (χ3n) is 6.49. The predicted molar refractivity (Wildman–Crippen MR) is 113 cm³/mol. The zero-order chi connectivity index (χ0) is 21.8. The van der Waals surface area contributed by atoms with E-state index in [-0.39, 0.29) is 24.1 Å². The topological polar surface area (TPSA) is 85.9 Å². The summed E-state index contributed by atoms with van der Waals surface area (Å²) in [7, 11) is 1.70. The van der Waals surface area contributed by atoms with E-state index in [4.69, 9.17) is 11.6 Å². The molecule has 8 nitrogen and oxygen atoms in total. The number of nitrogens with zero attached hydrogens (tertiary/aromatic N) is 4. The summed E-state index contributed by atoms with van der Waals surface area (Å²) in [6.45, 7) is 0.823. The van der Waals surface area contributed by atoms with Gasteiger partial charge in [0.25, 0.3) is 5.91 Å². The zero-order valence-electron chi connectivity index (χ0n) is 17.0. The van der Waals surface area contributed by atoms with Crippen molar-refractivity contribution in [2.45, 2.75) is 31.0 Å². The highest BCUT2D eigenvalue weighted by atomic mass is 35.5. The van der Waals surface area contributed by atoms with E-state index >= 15 is 0 Å². The first-order valence-corrected chi connectivity index (χ1v) is 10.7. The van der Waals surface area contributed by atoms with Crippen LogP contribution in [0, 0.1) is 0 Å². The van der Waals surface area contributed by atoms with Crippen molar-refractivity contribution in [1.29, 1.82) is 0 Å². The van der Waals surface area contributed by atoms with Crippen molar-refractivity contribution in [2.24, 2.45) is 0 Å². The summed E-state index contributed by atoms with van der Waals surface area (Å²) >= 11 is 6.13. The molecule has 4 heterocycles. The van der Waals surface area contributed by atoms with E-state index < -0.39 is 11.7 Å². The standard InChI is InChI=1S/C22H22ClN5O3/c1-26-18(8-9-19(29)25-26)21(31)28-12-11-27-20(30)16-3-2-10-24-17(16)13-22(27,28)14-4-6-15(23)7-5-14/h2-7,10,18H,8-9,11-13H2,1H3,(H,25,29). The highest BCUT2D eigenvalue weighted by Crippen LogP contribution is 2.45. The van der Waals surface area contributed by atoms with E-state index in [0.29, 0.717) is 42.2 Å². The number of halogens is 1. The zero-order valence-corrected chi connectivity index (χ0v) is 17.8. The molecule has 3 aliphatic rings. The van der Waals surface area contributed by atoms with Crippen LogP contribution in [0.15, 0.2) is 42.6 Å². The van der Waals surface area contributed by atoms with Crippen LogP contribution >= 0.6 is 11.6 Å². The number of rotatable bonds is 2. The minimum atomic E-state index is -0.984. The third kappa shape index (κ3) is 3.01. The Labute approximate surface area is 184 Å². The van der Waals surface area contributed by atoms with Gasteiger partial charge < -0.3 is 9.80 Å². The number of benzene rings is 1.